The first-order valence-electron chi connectivity index (χ1n) is 13.9. The van der Waals surface area contributed by atoms with Crippen molar-refractivity contribution in [2.75, 3.05) is 31.7 Å². The number of fused-ring (bicyclic) bond motifs is 3. The lowest BCUT2D eigenvalue weighted by Gasteiger charge is -2.32. The summed E-state index contributed by atoms with van der Waals surface area (Å²) in [5.41, 5.74) is 8.49. The molecular weight excluding hydrogens is 545 g/mol. The predicted octanol–water partition coefficient (Wildman–Crippen LogP) is 3.71. The van der Waals surface area contributed by atoms with E-state index < -0.39 is 27.2 Å². The van der Waals surface area contributed by atoms with E-state index in [2.05, 4.69) is 10.6 Å². The minimum absolute atomic E-state index is 0.00308. The van der Waals surface area contributed by atoms with Crippen LogP contribution in [0.4, 0.5) is 10.1 Å². The van der Waals surface area contributed by atoms with E-state index >= 15 is 0 Å². The summed E-state index contributed by atoms with van der Waals surface area (Å²) in [5, 5.41) is 7.23. The summed E-state index contributed by atoms with van der Waals surface area (Å²) >= 11 is 0. The molecule has 2 aromatic carbocycles. The third kappa shape index (κ3) is 5.97. The number of primary amides is 1. The van der Waals surface area contributed by atoms with Crippen molar-refractivity contribution in [2.24, 2.45) is 11.1 Å². The summed E-state index contributed by atoms with van der Waals surface area (Å²) in [5.74, 6) is -1.12. The molecule has 0 spiro atoms. The van der Waals surface area contributed by atoms with Crippen molar-refractivity contribution in [1.82, 2.24) is 14.2 Å². The van der Waals surface area contributed by atoms with Gasteiger partial charge in [0, 0.05) is 34.4 Å². The Kier molecular flexibility index (Phi) is 7.63. The highest BCUT2D eigenvalue weighted by Gasteiger charge is 2.39. The van der Waals surface area contributed by atoms with Gasteiger partial charge >= 0.3 is 0 Å². The number of halogens is 1. The van der Waals surface area contributed by atoms with E-state index in [4.69, 9.17) is 5.73 Å². The average Bonchev–Trinajstić information content (AvgIpc) is 3.16. The third-order valence-electron chi connectivity index (χ3n) is 7.96. The van der Waals surface area contributed by atoms with E-state index in [9.17, 15) is 22.4 Å². The summed E-state index contributed by atoms with van der Waals surface area (Å²) in [6, 6.07) is 9.68. The van der Waals surface area contributed by atoms with E-state index in [0.29, 0.717) is 46.4 Å². The Morgan fingerprint density at radius 2 is 1.76 bits per heavy atom. The maximum atomic E-state index is 14.3. The van der Waals surface area contributed by atoms with Crippen LogP contribution in [0.1, 0.15) is 55.6 Å². The number of carbonyl (C=O) groups is 2. The summed E-state index contributed by atoms with van der Waals surface area (Å²) in [7, 11) is -0.0141. The molecule has 1 aromatic heterocycles. The molecule has 0 radical (unpaired) electrons. The number of amides is 2. The van der Waals surface area contributed by atoms with Gasteiger partial charge in [0.2, 0.25) is 15.9 Å². The first-order chi connectivity index (χ1) is 19.2. The highest BCUT2D eigenvalue weighted by Crippen LogP contribution is 2.44. The number of benzene rings is 2. The Hall–Kier alpha value is -3.44. The Morgan fingerprint density at radius 3 is 2.41 bits per heavy atom. The van der Waals surface area contributed by atoms with Crippen molar-refractivity contribution in [1.29, 1.82) is 0 Å². The molecule has 41 heavy (non-hydrogen) atoms. The molecule has 11 heteroatoms. The first kappa shape index (κ1) is 29.1. The van der Waals surface area contributed by atoms with E-state index in [-0.39, 0.29) is 23.7 Å². The molecule has 220 valence electrons. The van der Waals surface area contributed by atoms with Crippen LogP contribution in [-0.4, -0.2) is 67.6 Å². The maximum Gasteiger partial charge on any atom is 0.250 e. The minimum atomic E-state index is -3.73. The number of carbonyl (C=O) groups excluding carboxylic acids is 2. The number of nitrogens with zero attached hydrogens (tertiary/aromatic N) is 2. The van der Waals surface area contributed by atoms with E-state index in [1.807, 2.05) is 38.9 Å². The molecule has 5 rings (SSSR count). The van der Waals surface area contributed by atoms with Crippen LogP contribution in [-0.2, 0) is 21.2 Å². The normalized spacial score (nSPS) is 21.4. The lowest BCUT2D eigenvalue weighted by molar-refractivity contribution is -0.122. The van der Waals surface area contributed by atoms with Crippen molar-refractivity contribution < 1.29 is 22.4 Å². The van der Waals surface area contributed by atoms with Crippen LogP contribution in [0.3, 0.4) is 0 Å². The molecular formula is C30H38FN5O4S. The monoisotopic (exact) mass is 583 g/mol. The fourth-order valence-corrected chi connectivity index (χ4v) is 8.51. The molecule has 3 aromatic rings. The van der Waals surface area contributed by atoms with Gasteiger partial charge in [-0.05, 0) is 87.5 Å². The lowest BCUT2D eigenvalue weighted by Crippen LogP contribution is -2.43. The van der Waals surface area contributed by atoms with Gasteiger partial charge in [-0.2, -0.15) is 0 Å². The predicted molar refractivity (Wildman–Crippen MR) is 159 cm³/mol. The van der Waals surface area contributed by atoms with Gasteiger partial charge in [-0.25, -0.2) is 16.8 Å². The van der Waals surface area contributed by atoms with Crippen molar-refractivity contribution in [3.63, 3.8) is 0 Å². The van der Waals surface area contributed by atoms with Gasteiger partial charge in [0.15, 0.2) is 0 Å². The molecule has 4 N–H and O–H groups in total. The van der Waals surface area contributed by atoms with Crippen molar-refractivity contribution in [2.45, 2.75) is 58.0 Å². The second-order valence-corrected chi connectivity index (χ2v) is 14.3. The zero-order valence-electron chi connectivity index (χ0n) is 24.0. The van der Waals surface area contributed by atoms with Crippen LogP contribution in [0.15, 0.2) is 36.4 Å². The lowest BCUT2D eigenvalue weighted by atomic mass is 9.87. The van der Waals surface area contributed by atoms with Crippen LogP contribution in [0.2, 0.25) is 0 Å². The highest BCUT2D eigenvalue weighted by atomic mass is 32.2. The Bertz CT molecular complexity index is 1620. The SMILES string of the molecule is CN(C)CC(=O)N[C@H]1CC[C@H](Nc2cc(-c3c4n(c5cc(F)ccc35)S(=O)(=O)CC(C)(C)C4)ccc2C(N)=O)CC1. The molecule has 2 amide bonds. The smallest absolute Gasteiger partial charge is 0.250 e. The number of rotatable bonds is 7. The second-order valence-electron chi connectivity index (χ2n) is 12.5. The van der Waals surface area contributed by atoms with Gasteiger partial charge < -0.3 is 21.3 Å². The Labute approximate surface area is 240 Å². The van der Waals surface area contributed by atoms with Crippen molar-refractivity contribution in [3.05, 3.63) is 53.5 Å². The van der Waals surface area contributed by atoms with Gasteiger partial charge in [-0.15, -0.1) is 0 Å². The quantitative estimate of drug-likeness (QED) is 0.389. The van der Waals surface area contributed by atoms with E-state index in [0.717, 1.165) is 31.2 Å². The van der Waals surface area contributed by atoms with Crippen molar-refractivity contribution in [3.8, 4) is 11.1 Å². The number of nitrogens with one attached hydrogen (secondary N) is 2. The number of nitrogens with two attached hydrogens (primary N) is 1. The van der Waals surface area contributed by atoms with Gasteiger partial charge in [0.05, 0.1) is 23.4 Å². The summed E-state index contributed by atoms with van der Waals surface area (Å²) in [4.78, 5) is 26.4. The second kappa shape index (κ2) is 10.8. The molecule has 2 aliphatic rings. The fourth-order valence-electron chi connectivity index (χ4n) is 6.35. The number of aromatic nitrogens is 1. The standard InChI is InChI=1S/C30H38FN5O4S/c1-30(2)15-26-28(23-12-6-19(31)14-25(23)36(26)41(39,40)17-30)18-5-11-22(29(32)38)24(13-18)33-20-7-9-21(10-8-20)34-27(37)16-35(3)4/h5-6,11-14,20-21,33H,7-10,15-17H2,1-4H3,(H2,32,38)(H,34,37)/t20-,21-. The molecule has 1 fully saturated rings. The Balaban J connectivity index is 1.50. The minimum Gasteiger partial charge on any atom is -0.382 e. The van der Waals surface area contributed by atoms with Crippen LogP contribution in [0.25, 0.3) is 22.0 Å². The molecule has 9 nitrogen and oxygen atoms in total. The molecule has 1 saturated carbocycles. The zero-order chi connectivity index (χ0) is 29.7. The van der Waals surface area contributed by atoms with Crippen molar-refractivity contribution >= 4 is 38.4 Å². The molecule has 1 aliphatic carbocycles. The molecule has 2 heterocycles. The van der Waals surface area contributed by atoms with Gasteiger partial charge in [-0.3, -0.25) is 9.59 Å². The molecule has 0 bridgehead atoms. The fraction of sp³-hybridized carbons (Fsp3) is 0.467. The van der Waals surface area contributed by atoms with E-state index in [1.165, 1.54) is 16.1 Å². The molecule has 0 saturated heterocycles. The topological polar surface area (TPSA) is 127 Å². The number of anilines is 1. The van der Waals surface area contributed by atoms with Crippen LogP contribution in [0, 0.1) is 11.2 Å². The van der Waals surface area contributed by atoms with E-state index in [1.54, 1.807) is 18.2 Å². The average molecular weight is 584 g/mol. The molecule has 0 unspecified atom stereocenters. The number of hydrogen-bond donors (Lipinski definition) is 3. The Morgan fingerprint density at radius 1 is 1.07 bits per heavy atom. The number of likely N-dealkylation sites (N-methyl/N-ethyl adjacent to an activating group) is 1. The number of hydrogen-bond acceptors (Lipinski definition) is 6. The first-order valence-corrected chi connectivity index (χ1v) is 15.6. The van der Waals surface area contributed by atoms with Gasteiger partial charge in [-0.1, -0.05) is 19.9 Å². The van der Waals surface area contributed by atoms with Crippen LogP contribution in [0.5, 0.6) is 0 Å². The third-order valence-corrected chi connectivity index (χ3v) is 10.1. The summed E-state index contributed by atoms with van der Waals surface area (Å²) < 4.78 is 42.5. The molecule has 1 aliphatic heterocycles. The summed E-state index contributed by atoms with van der Waals surface area (Å²) in [6.07, 6.45) is 3.69. The zero-order valence-corrected chi connectivity index (χ0v) is 24.8. The highest BCUT2D eigenvalue weighted by molar-refractivity contribution is 7.90. The van der Waals surface area contributed by atoms with Gasteiger partial charge in [0.1, 0.15) is 5.82 Å². The van der Waals surface area contributed by atoms with Crippen LogP contribution < -0.4 is 16.4 Å². The molecule has 0 atom stereocenters. The summed E-state index contributed by atoms with van der Waals surface area (Å²) in [6.45, 7) is 4.17. The van der Waals surface area contributed by atoms with Gasteiger partial charge in [0.25, 0.3) is 5.91 Å². The van der Waals surface area contributed by atoms with Crippen LogP contribution >= 0.6 is 0 Å². The largest absolute Gasteiger partial charge is 0.382 e. The maximum absolute atomic E-state index is 14.3.